The largest absolute Gasteiger partial charge is 0.0991 e. The standard InChI is InChI=1S/C20H26/c1-4-6-8-14(3)17(7-5-2)20-18-11-12-19(20)16-10-9-15(18)13-16/h4,6,8,17,20H,1,3,5,7,9-13H2,2H3/b8-6-. The summed E-state index contributed by atoms with van der Waals surface area (Å²) in [5.74, 6) is 1.32. The van der Waals surface area contributed by atoms with Gasteiger partial charge in [0, 0.05) is 5.92 Å². The summed E-state index contributed by atoms with van der Waals surface area (Å²) in [6, 6.07) is 0. The monoisotopic (exact) mass is 266 g/mol. The molecule has 0 aromatic carbocycles. The fourth-order valence-corrected chi connectivity index (χ4v) is 4.55. The van der Waals surface area contributed by atoms with Gasteiger partial charge in [0.25, 0.3) is 0 Å². The van der Waals surface area contributed by atoms with E-state index in [1.165, 1.54) is 50.5 Å². The van der Waals surface area contributed by atoms with E-state index < -0.39 is 0 Å². The average molecular weight is 266 g/mol. The van der Waals surface area contributed by atoms with Crippen molar-refractivity contribution in [3.8, 4) is 0 Å². The summed E-state index contributed by atoms with van der Waals surface area (Å²) in [6.07, 6.45) is 15.3. The fourth-order valence-electron chi connectivity index (χ4n) is 4.55. The Morgan fingerprint density at radius 2 is 1.85 bits per heavy atom. The predicted molar refractivity (Wildman–Crippen MR) is 87.5 cm³/mol. The molecule has 3 rings (SSSR count). The minimum absolute atomic E-state index is 0.618. The molecule has 0 aromatic rings. The Labute approximate surface area is 123 Å². The van der Waals surface area contributed by atoms with E-state index in [0.717, 1.165) is 0 Å². The lowest BCUT2D eigenvalue weighted by Gasteiger charge is -2.30. The minimum atomic E-state index is 0.618. The summed E-state index contributed by atoms with van der Waals surface area (Å²) < 4.78 is 0. The number of rotatable bonds is 6. The lowest BCUT2D eigenvalue weighted by Crippen LogP contribution is -2.19. The molecule has 4 bridgehead atoms. The lowest BCUT2D eigenvalue weighted by atomic mass is 9.74. The Hall–Kier alpha value is -1.30. The molecule has 0 aromatic heterocycles. The van der Waals surface area contributed by atoms with Crippen LogP contribution in [0, 0.1) is 11.8 Å². The molecule has 0 radical (unpaired) electrons. The Balaban J connectivity index is 1.93. The van der Waals surface area contributed by atoms with E-state index in [4.69, 9.17) is 0 Å². The Bertz CT molecular complexity index is 496. The molecule has 0 heteroatoms. The highest BCUT2D eigenvalue weighted by Gasteiger charge is 2.41. The molecule has 0 heterocycles. The van der Waals surface area contributed by atoms with Gasteiger partial charge in [0.15, 0.2) is 0 Å². The molecular formula is C20H26. The molecule has 1 unspecified atom stereocenters. The molecule has 0 spiro atoms. The van der Waals surface area contributed by atoms with Gasteiger partial charge >= 0.3 is 0 Å². The van der Waals surface area contributed by atoms with Crippen LogP contribution in [-0.2, 0) is 0 Å². The van der Waals surface area contributed by atoms with Crippen molar-refractivity contribution in [2.75, 3.05) is 0 Å². The van der Waals surface area contributed by atoms with E-state index in [1.54, 1.807) is 22.3 Å². The van der Waals surface area contributed by atoms with Crippen LogP contribution in [0.25, 0.3) is 0 Å². The molecule has 0 amide bonds. The number of allylic oxidation sites excluding steroid dienone is 8. The summed E-state index contributed by atoms with van der Waals surface area (Å²) in [7, 11) is 0. The van der Waals surface area contributed by atoms with Gasteiger partial charge < -0.3 is 0 Å². The van der Waals surface area contributed by atoms with Crippen LogP contribution in [0.2, 0.25) is 0 Å². The van der Waals surface area contributed by atoms with Crippen molar-refractivity contribution in [3.05, 3.63) is 59.3 Å². The van der Waals surface area contributed by atoms with E-state index in [2.05, 4.69) is 26.2 Å². The maximum Gasteiger partial charge on any atom is 0.00813 e. The zero-order valence-corrected chi connectivity index (χ0v) is 12.8. The second-order valence-corrected chi connectivity index (χ2v) is 6.48. The van der Waals surface area contributed by atoms with Crippen LogP contribution in [0.15, 0.2) is 59.3 Å². The van der Waals surface area contributed by atoms with Crippen LogP contribution in [0.3, 0.4) is 0 Å². The van der Waals surface area contributed by atoms with Gasteiger partial charge in [-0.15, -0.1) is 0 Å². The van der Waals surface area contributed by atoms with Crippen LogP contribution in [0.1, 0.15) is 51.9 Å². The number of hydrogen-bond donors (Lipinski definition) is 0. The van der Waals surface area contributed by atoms with Gasteiger partial charge in [-0.3, -0.25) is 0 Å². The maximum absolute atomic E-state index is 4.37. The Morgan fingerprint density at radius 1 is 1.20 bits per heavy atom. The Morgan fingerprint density at radius 3 is 2.40 bits per heavy atom. The molecule has 0 N–H and O–H groups in total. The molecule has 3 aliphatic rings. The maximum atomic E-state index is 4.37. The molecule has 2 saturated carbocycles. The van der Waals surface area contributed by atoms with Crippen LogP contribution in [0.4, 0.5) is 0 Å². The van der Waals surface area contributed by atoms with Crippen molar-refractivity contribution >= 4 is 0 Å². The van der Waals surface area contributed by atoms with Gasteiger partial charge in [-0.05, 0) is 44.4 Å². The van der Waals surface area contributed by atoms with Crippen LogP contribution in [0.5, 0.6) is 0 Å². The highest BCUT2D eigenvalue weighted by Crippen LogP contribution is 2.56. The van der Waals surface area contributed by atoms with Crippen molar-refractivity contribution in [1.82, 2.24) is 0 Å². The van der Waals surface area contributed by atoms with E-state index in [-0.39, 0.29) is 0 Å². The first-order chi connectivity index (χ1) is 9.76. The van der Waals surface area contributed by atoms with Crippen molar-refractivity contribution in [3.63, 3.8) is 0 Å². The van der Waals surface area contributed by atoms with E-state index >= 15 is 0 Å². The van der Waals surface area contributed by atoms with Gasteiger partial charge in [0.2, 0.25) is 0 Å². The predicted octanol–water partition coefficient (Wildman–Crippen LogP) is 5.90. The van der Waals surface area contributed by atoms with E-state index in [9.17, 15) is 0 Å². The van der Waals surface area contributed by atoms with Crippen molar-refractivity contribution in [2.24, 2.45) is 11.8 Å². The third-order valence-electron chi connectivity index (χ3n) is 5.40. The summed E-state index contributed by atoms with van der Waals surface area (Å²) in [4.78, 5) is 0. The molecule has 0 aliphatic heterocycles. The Kier molecular flexibility index (Phi) is 3.83. The van der Waals surface area contributed by atoms with E-state index in [1.807, 2.05) is 12.2 Å². The normalized spacial score (nSPS) is 23.1. The fraction of sp³-hybridized carbons (Fsp3) is 0.500. The first-order valence-electron chi connectivity index (χ1n) is 8.15. The van der Waals surface area contributed by atoms with Crippen LogP contribution < -0.4 is 0 Å². The van der Waals surface area contributed by atoms with Crippen LogP contribution in [-0.4, -0.2) is 0 Å². The topological polar surface area (TPSA) is 0 Å². The third kappa shape index (κ3) is 2.16. The molecule has 106 valence electrons. The summed E-state index contributed by atoms with van der Waals surface area (Å²) in [5, 5.41) is 0. The third-order valence-corrected chi connectivity index (χ3v) is 5.40. The van der Waals surface area contributed by atoms with Gasteiger partial charge in [-0.2, -0.15) is 0 Å². The SMILES string of the molecule is C=C/C=C\C(=C)C(CCC)C1C2=C3CCC(=C1CC2)C3. The highest BCUT2D eigenvalue weighted by molar-refractivity contribution is 5.48. The van der Waals surface area contributed by atoms with Gasteiger partial charge in [0.1, 0.15) is 0 Å². The zero-order valence-electron chi connectivity index (χ0n) is 12.8. The summed E-state index contributed by atoms with van der Waals surface area (Å²) >= 11 is 0. The number of fused-ring (bicyclic) bond motifs is 4. The molecule has 20 heavy (non-hydrogen) atoms. The first kappa shape index (κ1) is 13.7. The minimum Gasteiger partial charge on any atom is -0.0991 e. The molecule has 2 fully saturated rings. The summed E-state index contributed by atoms with van der Waals surface area (Å²) in [5.41, 5.74) is 8.47. The van der Waals surface area contributed by atoms with Gasteiger partial charge in [-0.25, -0.2) is 0 Å². The molecule has 3 aliphatic carbocycles. The molecule has 0 nitrogen and oxygen atoms in total. The zero-order chi connectivity index (χ0) is 14.1. The molecule has 0 saturated heterocycles. The second-order valence-electron chi connectivity index (χ2n) is 6.48. The van der Waals surface area contributed by atoms with Crippen molar-refractivity contribution in [1.29, 1.82) is 0 Å². The summed E-state index contributed by atoms with van der Waals surface area (Å²) in [6.45, 7) is 10.5. The number of hydrogen-bond acceptors (Lipinski definition) is 0. The quantitative estimate of drug-likeness (QED) is 0.414. The molecule has 1 atom stereocenters. The van der Waals surface area contributed by atoms with Crippen molar-refractivity contribution in [2.45, 2.75) is 51.9 Å². The smallest absolute Gasteiger partial charge is 0.00813 e. The highest BCUT2D eigenvalue weighted by atomic mass is 14.5. The van der Waals surface area contributed by atoms with Gasteiger partial charge in [-0.1, -0.05) is 72.6 Å². The molecular weight excluding hydrogens is 240 g/mol. The van der Waals surface area contributed by atoms with Crippen LogP contribution >= 0.6 is 0 Å². The second kappa shape index (κ2) is 5.60. The van der Waals surface area contributed by atoms with Crippen molar-refractivity contribution < 1.29 is 0 Å². The van der Waals surface area contributed by atoms with E-state index in [0.29, 0.717) is 11.8 Å². The first-order valence-corrected chi connectivity index (χ1v) is 8.15. The average Bonchev–Trinajstić information content (AvgIpc) is 2.99. The van der Waals surface area contributed by atoms with Gasteiger partial charge in [0.05, 0.1) is 0 Å². The lowest BCUT2D eigenvalue weighted by molar-refractivity contribution is 0.460.